The van der Waals surface area contributed by atoms with E-state index in [2.05, 4.69) is 5.32 Å². The van der Waals surface area contributed by atoms with Crippen molar-refractivity contribution in [1.29, 1.82) is 0 Å². The van der Waals surface area contributed by atoms with Gasteiger partial charge in [0, 0.05) is 0 Å². The molecule has 1 amide bonds. The molecule has 0 fully saturated rings. The second kappa shape index (κ2) is 6.35. The van der Waals surface area contributed by atoms with E-state index in [9.17, 15) is 9.18 Å². The topological polar surface area (TPSA) is 58.6 Å². The lowest BCUT2D eigenvalue weighted by atomic mass is 10.0. The van der Waals surface area contributed by atoms with Gasteiger partial charge < -0.3 is 15.2 Å². The van der Waals surface area contributed by atoms with Crippen LogP contribution in [0.1, 0.15) is 20.3 Å². The van der Waals surface area contributed by atoms with E-state index in [0.29, 0.717) is 12.2 Å². The Morgan fingerprint density at radius 3 is 2.56 bits per heavy atom. The molecule has 1 rings (SSSR count). The number of hydrogen-bond acceptors (Lipinski definition) is 3. The average molecular weight is 255 g/mol. The van der Waals surface area contributed by atoms with Gasteiger partial charge in [-0.25, -0.2) is 4.39 Å². The number of nitrogens with one attached hydrogen (secondary N) is 1. The quantitative estimate of drug-likeness (QED) is 0.809. The molecule has 1 aromatic carbocycles. The summed E-state index contributed by atoms with van der Waals surface area (Å²) in [7, 11) is 0. The van der Waals surface area contributed by atoms with E-state index in [-0.39, 0.29) is 24.9 Å². The highest BCUT2D eigenvalue weighted by molar-refractivity contribution is 5.78. The van der Waals surface area contributed by atoms with Crippen LogP contribution in [0.2, 0.25) is 0 Å². The van der Waals surface area contributed by atoms with Crippen molar-refractivity contribution in [3.05, 3.63) is 30.1 Å². The summed E-state index contributed by atoms with van der Waals surface area (Å²) in [6, 6.07) is 5.43. The monoisotopic (exact) mass is 255 g/mol. The third-order valence-electron chi connectivity index (χ3n) is 2.75. The minimum Gasteiger partial charge on any atom is -0.484 e. The van der Waals surface area contributed by atoms with E-state index in [1.54, 1.807) is 6.92 Å². The van der Waals surface area contributed by atoms with Gasteiger partial charge in [0.2, 0.25) is 0 Å². The Morgan fingerprint density at radius 2 is 2.06 bits per heavy atom. The number of aliphatic hydroxyl groups is 1. The Balaban J connectivity index is 2.44. The van der Waals surface area contributed by atoms with Crippen LogP contribution < -0.4 is 10.1 Å². The van der Waals surface area contributed by atoms with E-state index in [0.717, 1.165) is 0 Å². The Labute approximate surface area is 106 Å². The number of benzene rings is 1. The number of aliphatic hydroxyl groups excluding tert-OH is 1. The fourth-order valence-electron chi connectivity index (χ4n) is 1.29. The van der Waals surface area contributed by atoms with Crippen LogP contribution in [0.3, 0.4) is 0 Å². The van der Waals surface area contributed by atoms with Gasteiger partial charge in [-0.1, -0.05) is 6.92 Å². The number of halogens is 1. The molecule has 100 valence electrons. The summed E-state index contributed by atoms with van der Waals surface area (Å²) in [5.74, 6) is -0.253. The molecule has 0 aliphatic rings. The lowest BCUT2D eigenvalue weighted by Crippen LogP contribution is -2.49. The first-order valence-electron chi connectivity index (χ1n) is 5.79. The van der Waals surface area contributed by atoms with Crippen molar-refractivity contribution >= 4 is 5.91 Å². The fraction of sp³-hybridized carbons (Fsp3) is 0.462. The van der Waals surface area contributed by atoms with Crippen LogP contribution in [-0.2, 0) is 4.79 Å². The molecule has 0 heterocycles. The zero-order valence-electron chi connectivity index (χ0n) is 10.6. The van der Waals surface area contributed by atoms with Gasteiger partial charge in [-0.3, -0.25) is 4.79 Å². The van der Waals surface area contributed by atoms with Crippen molar-refractivity contribution in [2.45, 2.75) is 25.8 Å². The molecule has 0 bridgehead atoms. The molecular weight excluding hydrogens is 237 g/mol. The molecule has 0 radical (unpaired) electrons. The maximum absolute atomic E-state index is 12.6. The van der Waals surface area contributed by atoms with Crippen LogP contribution >= 0.6 is 0 Å². The predicted molar refractivity (Wildman–Crippen MR) is 65.8 cm³/mol. The second-order valence-electron chi connectivity index (χ2n) is 4.36. The molecule has 0 spiro atoms. The number of carbonyl (C=O) groups excluding carboxylic acids is 1. The van der Waals surface area contributed by atoms with Gasteiger partial charge in [-0.2, -0.15) is 0 Å². The molecule has 0 saturated heterocycles. The van der Waals surface area contributed by atoms with Gasteiger partial charge in [0.25, 0.3) is 5.91 Å². The molecule has 2 N–H and O–H groups in total. The minimum absolute atomic E-state index is 0.133. The van der Waals surface area contributed by atoms with Gasteiger partial charge in [0.1, 0.15) is 11.6 Å². The first kappa shape index (κ1) is 14.4. The highest BCUT2D eigenvalue weighted by Gasteiger charge is 2.23. The third kappa shape index (κ3) is 4.33. The van der Waals surface area contributed by atoms with E-state index >= 15 is 0 Å². The Hall–Kier alpha value is -1.62. The fourth-order valence-corrected chi connectivity index (χ4v) is 1.29. The number of rotatable bonds is 6. The van der Waals surface area contributed by atoms with Crippen LogP contribution in [0.4, 0.5) is 4.39 Å². The average Bonchev–Trinajstić information content (AvgIpc) is 2.38. The van der Waals surface area contributed by atoms with Crippen LogP contribution in [0.5, 0.6) is 5.75 Å². The van der Waals surface area contributed by atoms with Crippen LogP contribution in [0.25, 0.3) is 0 Å². The van der Waals surface area contributed by atoms with Gasteiger partial charge in [-0.15, -0.1) is 0 Å². The van der Waals surface area contributed by atoms with Gasteiger partial charge in [0.15, 0.2) is 6.61 Å². The Bertz CT molecular complexity index is 388. The van der Waals surface area contributed by atoms with Crippen LogP contribution in [0, 0.1) is 5.82 Å². The Kier molecular flexibility index (Phi) is 5.09. The summed E-state index contributed by atoms with van der Waals surface area (Å²) in [5, 5.41) is 11.8. The zero-order valence-corrected chi connectivity index (χ0v) is 10.6. The lowest BCUT2D eigenvalue weighted by molar-refractivity contribution is -0.125. The van der Waals surface area contributed by atoms with Gasteiger partial charge >= 0.3 is 0 Å². The van der Waals surface area contributed by atoms with Crippen LogP contribution in [-0.4, -0.2) is 29.8 Å². The third-order valence-corrected chi connectivity index (χ3v) is 2.75. The molecule has 1 unspecified atom stereocenters. The molecule has 0 aromatic heterocycles. The summed E-state index contributed by atoms with van der Waals surface area (Å²) in [6.07, 6.45) is 0.617. The molecule has 1 atom stereocenters. The van der Waals surface area contributed by atoms with Crippen molar-refractivity contribution in [2.24, 2.45) is 0 Å². The molecule has 5 heteroatoms. The normalized spacial score (nSPS) is 13.8. The minimum atomic E-state index is -0.636. The molecule has 1 aromatic rings. The number of amides is 1. The Morgan fingerprint density at radius 1 is 1.44 bits per heavy atom. The highest BCUT2D eigenvalue weighted by atomic mass is 19.1. The van der Waals surface area contributed by atoms with E-state index in [4.69, 9.17) is 9.84 Å². The summed E-state index contributed by atoms with van der Waals surface area (Å²) in [6.45, 7) is 3.33. The maximum atomic E-state index is 12.6. The highest BCUT2D eigenvalue weighted by Crippen LogP contribution is 2.11. The summed E-state index contributed by atoms with van der Waals surface area (Å²) in [5.41, 5.74) is -0.636. The van der Waals surface area contributed by atoms with Crippen molar-refractivity contribution in [3.63, 3.8) is 0 Å². The van der Waals surface area contributed by atoms with E-state index < -0.39 is 5.54 Å². The first-order chi connectivity index (χ1) is 8.49. The van der Waals surface area contributed by atoms with E-state index in [1.165, 1.54) is 24.3 Å². The molecule has 0 saturated carbocycles. The molecule has 0 aliphatic carbocycles. The first-order valence-corrected chi connectivity index (χ1v) is 5.79. The van der Waals surface area contributed by atoms with Gasteiger partial charge in [0.05, 0.1) is 12.1 Å². The maximum Gasteiger partial charge on any atom is 0.258 e. The van der Waals surface area contributed by atoms with Crippen LogP contribution in [0.15, 0.2) is 24.3 Å². The summed E-state index contributed by atoms with van der Waals surface area (Å²) in [4.78, 5) is 11.6. The van der Waals surface area contributed by atoms with Crippen molar-refractivity contribution < 1.29 is 19.0 Å². The zero-order chi connectivity index (χ0) is 13.6. The van der Waals surface area contributed by atoms with Crippen molar-refractivity contribution in [2.75, 3.05) is 13.2 Å². The number of hydrogen-bond donors (Lipinski definition) is 2. The second-order valence-corrected chi connectivity index (χ2v) is 4.36. The number of carbonyl (C=O) groups is 1. The summed E-state index contributed by atoms with van der Waals surface area (Å²) < 4.78 is 17.8. The predicted octanol–water partition coefficient (Wildman–Crippen LogP) is 1.48. The van der Waals surface area contributed by atoms with Crippen molar-refractivity contribution in [3.8, 4) is 5.75 Å². The molecule has 4 nitrogen and oxygen atoms in total. The van der Waals surface area contributed by atoms with Gasteiger partial charge in [-0.05, 0) is 37.6 Å². The number of ether oxygens (including phenoxy) is 1. The molecule has 18 heavy (non-hydrogen) atoms. The molecule has 0 aliphatic heterocycles. The van der Waals surface area contributed by atoms with E-state index in [1.807, 2.05) is 6.92 Å². The smallest absolute Gasteiger partial charge is 0.258 e. The summed E-state index contributed by atoms with van der Waals surface area (Å²) >= 11 is 0. The molecular formula is C13H18FNO3. The van der Waals surface area contributed by atoms with Crippen molar-refractivity contribution in [1.82, 2.24) is 5.32 Å². The largest absolute Gasteiger partial charge is 0.484 e. The standard InChI is InChI=1S/C13H18FNO3/c1-3-13(2,9-16)15-12(17)8-18-11-6-4-10(14)5-7-11/h4-7,16H,3,8-9H2,1-2H3,(H,15,17). The SMILES string of the molecule is CCC(C)(CO)NC(=O)COc1ccc(F)cc1. The lowest BCUT2D eigenvalue weighted by Gasteiger charge is -2.27.